The zero-order chi connectivity index (χ0) is 25.5. The van der Waals surface area contributed by atoms with Crippen molar-refractivity contribution < 1.29 is 14.0 Å². The molecule has 1 aromatic carbocycles. The van der Waals surface area contributed by atoms with Gasteiger partial charge in [0.05, 0.1) is 11.2 Å². The molecule has 2 aromatic rings. The van der Waals surface area contributed by atoms with Gasteiger partial charge in [0.2, 0.25) is 17.8 Å². The third-order valence-corrected chi connectivity index (χ3v) is 9.71. The molecular weight excluding hydrogens is 473 g/mol. The molecule has 10 heteroatoms. The van der Waals surface area contributed by atoms with Gasteiger partial charge in [-0.1, -0.05) is 6.92 Å². The van der Waals surface area contributed by atoms with Crippen LogP contribution < -0.4 is 20.4 Å². The van der Waals surface area contributed by atoms with Crippen LogP contribution in [0.25, 0.3) is 0 Å². The summed E-state index contributed by atoms with van der Waals surface area (Å²) in [5.41, 5.74) is 0.627. The van der Waals surface area contributed by atoms with Gasteiger partial charge >= 0.3 is 0 Å². The van der Waals surface area contributed by atoms with E-state index in [1.165, 1.54) is 6.07 Å². The average molecular weight is 506 g/mol. The smallest absolute Gasteiger partial charge is 0.244 e. The number of halogens is 1. The standard InChI is InChI=1S/C27H32FN7O2/c1-16-17-13-27(16,14-17)35-22-18(12-26(24(35)37)5-6-29-23(26)36)15-30-25(32-22)31-19-3-4-21(20(28)11-19)34-9-7-33(2)8-10-34/h3-4,11,15-17H,5-10,12-14H2,1-2H3,(H,29,36)(H,30,31,32)/t16-,17?,26+,27?/m1/s1. The van der Waals surface area contributed by atoms with E-state index in [0.717, 1.165) is 44.6 Å². The number of piperazine rings is 1. The molecule has 1 spiro atoms. The molecule has 0 radical (unpaired) electrons. The van der Waals surface area contributed by atoms with Crippen LogP contribution in [0.15, 0.2) is 24.4 Å². The van der Waals surface area contributed by atoms with Gasteiger partial charge in [-0.25, -0.2) is 9.37 Å². The molecule has 6 aliphatic rings. The van der Waals surface area contributed by atoms with E-state index in [-0.39, 0.29) is 23.2 Å². The Morgan fingerprint density at radius 3 is 2.57 bits per heavy atom. The molecule has 2 atom stereocenters. The summed E-state index contributed by atoms with van der Waals surface area (Å²) < 4.78 is 15.1. The van der Waals surface area contributed by atoms with E-state index in [4.69, 9.17) is 4.98 Å². The largest absolute Gasteiger partial charge is 0.367 e. The van der Waals surface area contributed by atoms with E-state index >= 15 is 4.39 Å². The Hall–Kier alpha value is -3.27. The number of carbonyl (C=O) groups excluding carboxylic acids is 2. The molecule has 37 heavy (non-hydrogen) atoms. The molecule has 2 N–H and O–H groups in total. The second-order valence-corrected chi connectivity index (χ2v) is 11.6. The maximum Gasteiger partial charge on any atom is 0.244 e. The second kappa shape index (κ2) is 7.86. The lowest BCUT2D eigenvalue weighted by atomic mass is 9.42. The van der Waals surface area contributed by atoms with Crippen molar-refractivity contribution in [2.45, 2.75) is 38.1 Å². The maximum atomic E-state index is 15.1. The highest BCUT2D eigenvalue weighted by Crippen LogP contribution is 2.67. The van der Waals surface area contributed by atoms with Gasteiger partial charge in [-0.2, -0.15) is 4.98 Å². The topological polar surface area (TPSA) is 93.7 Å². The van der Waals surface area contributed by atoms with Crippen LogP contribution in [0, 0.1) is 23.1 Å². The highest BCUT2D eigenvalue weighted by Gasteiger charge is 2.71. The van der Waals surface area contributed by atoms with Gasteiger partial charge < -0.3 is 20.4 Å². The summed E-state index contributed by atoms with van der Waals surface area (Å²) in [6.07, 6.45) is 4.42. The number of hydrogen-bond acceptors (Lipinski definition) is 7. The number of nitrogens with zero attached hydrogens (tertiary/aromatic N) is 5. The Morgan fingerprint density at radius 1 is 1.16 bits per heavy atom. The average Bonchev–Trinajstić information content (AvgIpc) is 3.22. The first-order chi connectivity index (χ1) is 17.8. The molecule has 2 bridgehead atoms. The fraction of sp³-hybridized carbons (Fsp3) is 0.556. The summed E-state index contributed by atoms with van der Waals surface area (Å²) in [7, 11) is 2.07. The van der Waals surface area contributed by atoms with Crippen molar-refractivity contribution in [1.29, 1.82) is 0 Å². The van der Waals surface area contributed by atoms with Crippen LogP contribution in [0.4, 0.5) is 27.5 Å². The lowest BCUT2D eigenvalue weighted by molar-refractivity contribution is -0.151. The number of likely N-dealkylation sites (N-methyl/N-ethyl adjacent to an activating group) is 1. The van der Waals surface area contributed by atoms with E-state index in [1.54, 1.807) is 12.3 Å². The van der Waals surface area contributed by atoms with E-state index in [0.29, 0.717) is 54.4 Å². The highest BCUT2D eigenvalue weighted by molar-refractivity contribution is 6.15. The van der Waals surface area contributed by atoms with Gasteiger partial charge in [-0.15, -0.1) is 0 Å². The Bertz CT molecular complexity index is 1300. The quantitative estimate of drug-likeness (QED) is 0.616. The molecule has 2 saturated heterocycles. The predicted molar refractivity (Wildman–Crippen MR) is 137 cm³/mol. The summed E-state index contributed by atoms with van der Waals surface area (Å²) in [4.78, 5) is 42.3. The number of hydrogen-bond donors (Lipinski definition) is 2. The van der Waals surface area contributed by atoms with Gasteiger partial charge in [0.25, 0.3) is 0 Å². The zero-order valence-corrected chi connectivity index (χ0v) is 21.3. The van der Waals surface area contributed by atoms with Gasteiger partial charge in [0.1, 0.15) is 17.1 Å². The van der Waals surface area contributed by atoms with Gasteiger partial charge in [0.15, 0.2) is 0 Å². The van der Waals surface area contributed by atoms with Crippen molar-refractivity contribution in [1.82, 2.24) is 20.2 Å². The number of nitrogens with one attached hydrogen (secondary N) is 2. The number of rotatable bonds is 4. The second-order valence-electron chi connectivity index (χ2n) is 11.6. The predicted octanol–water partition coefficient (Wildman–Crippen LogP) is 2.30. The number of benzene rings is 1. The lowest BCUT2D eigenvalue weighted by Crippen LogP contribution is -2.78. The Kier molecular flexibility index (Phi) is 4.87. The van der Waals surface area contributed by atoms with E-state index in [9.17, 15) is 9.59 Å². The van der Waals surface area contributed by atoms with Crippen molar-refractivity contribution in [2.75, 3.05) is 54.9 Å². The first-order valence-electron chi connectivity index (χ1n) is 13.3. The normalized spacial score (nSPS) is 32.6. The summed E-state index contributed by atoms with van der Waals surface area (Å²) in [5.74, 6) is 1.31. The van der Waals surface area contributed by atoms with E-state index in [2.05, 4.69) is 39.4 Å². The minimum Gasteiger partial charge on any atom is -0.367 e. The fourth-order valence-corrected chi connectivity index (χ4v) is 7.04. The Labute approximate surface area is 215 Å². The molecule has 9 nitrogen and oxygen atoms in total. The first-order valence-corrected chi connectivity index (χ1v) is 13.3. The minimum absolute atomic E-state index is 0.132. The molecule has 0 unspecified atom stereocenters. The highest BCUT2D eigenvalue weighted by atomic mass is 19.1. The van der Waals surface area contributed by atoms with E-state index < -0.39 is 5.41 Å². The van der Waals surface area contributed by atoms with Crippen LogP contribution in [0.2, 0.25) is 0 Å². The van der Waals surface area contributed by atoms with Gasteiger partial charge in [-0.05, 0) is 56.3 Å². The molecule has 194 valence electrons. The summed E-state index contributed by atoms with van der Waals surface area (Å²) in [6.45, 7) is 6.08. The molecule has 5 fully saturated rings. The molecule has 3 aliphatic heterocycles. The maximum absolute atomic E-state index is 15.1. The van der Waals surface area contributed by atoms with Crippen LogP contribution in [0.1, 0.15) is 31.7 Å². The molecule has 3 aliphatic carbocycles. The SMILES string of the molecule is C[C@@H]1C2CC1(N1C(=O)[C@@]3(CCNC3=O)Cc3cnc(Nc4ccc(N5CCN(C)CC5)c(F)c4)nc31)C2. The third-order valence-electron chi connectivity index (χ3n) is 9.71. The van der Waals surface area contributed by atoms with Crippen molar-refractivity contribution >= 4 is 35.0 Å². The zero-order valence-electron chi connectivity index (χ0n) is 21.3. The summed E-state index contributed by atoms with van der Waals surface area (Å²) in [6, 6.07) is 5.10. The number of carbonyl (C=O) groups is 2. The monoisotopic (exact) mass is 505 g/mol. The number of amides is 2. The molecule has 2 amide bonds. The Morgan fingerprint density at radius 2 is 1.95 bits per heavy atom. The van der Waals surface area contributed by atoms with Crippen LogP contribution in [-0.2, 0) is 16.0 Å². The van der Waals surface area contributed by atoms with Crippen LogP contribution in [0.3, 0.4) is 0 Å². The first kappa shape index (κ1) is 22.9. The van der Waals surface area contributed by atoms with Crippen molar-refractivity contribution in [3.8, 4) is 0 Å². The molecule has 4 heterocycles. The van der Waals surface area contributed by atoms with Crippen LogP contribution in [-0.4, -0.2) is 72.0 Å². The number of fused-ring (bicyclic) bond motifs is 1. The van der Waals surface area contributed by atoms with Gasteiger partial charge in [0, 0.05) is 56.6 Å². The fourth-order valence-electron chi connectivity index (χ4n) is 7.04. The Balaban J connectivity index is 1.19. The number of aromatic nitrogens is 2. The number of anilines is 4. The van der Waals surface area contributed by atoms with Crippen LogP contribution >= 0.6 is 0 Å². The van der Waals surface area contributed by atoms with Gasteiger partial charge in [-0.3, -0.25) is 14.5 Å². The van der Waals surface area contributed by atoms with Crippen molar-refractivity contribution in [3.05, 3.63) is 35.8 Å². The third kappa shape index (κ3) is 3.17. The molecule has 1 aromatic heterocycles. The lowest BCUT2D eigenvalue weighted by Gasteiger charge is -2.71. The summed E-state index contributed by atoms with van der Waals surface area (Å²) >= 11 is 0. The molecule has 3 saturated carbocycles. The van der Waals surface area contributed by atoms with Crippen molar-refractivity contribution in [2.24, 2.45) is 17.3 Å². The molecular formula is C27H32FN7O2. The summed E-state index contributed by atoms with van der Waals surface area (Å²) in [5, 5.41) is 6.01. The van der Waals surface area contributed by atoms with E-state index in [1.807, 2.05) is 11.0 Å². The molecule has 8 rings (SSSR count). The van der Waals surface area contributed by atoms with Crippen molar-refractivity contribution in [3.63, 3.8) is 0 Å². The van der Waals surface area contributed by atoms with Crippen LogP contribution in [0.5, 0.6) is 0 Å². The minimum atomic E-state index is -1.07.